The van der Waals surface area contributed by atoms with Crippen molar-refractivity contribution in [2.24, 2.45) is 0 Å². The Balaban J connectivity index is 1.71. The Morgan fingerprint density at radius 3 is 2.65 bits per heavy atom. The summed E-state index contributed by atoms with van der Waals surface area (Å²) in [5, 5.41) is 5.18. The minimum atomic E-state index is 0.0755. The highest BCUT2D eigenvalue weighted by atomic mass is 16.2. The fraction of sp³-hybridized carbons (Fsp3) is 0.917. The molecular formula is C12H24N4O. The molecule has 2 aliphatic heterocycles. The average Bonchev–Trinajstić information content (AvgIpc) is 2.69. The van der Waals surface area contributed by atoms with Crippen LogP contribution >= 0.6 is 0 Å². The number of rotatable bonds is 4. The highest BCUT2D eigenvalue weighted by molar-refractivity contribution is 5.76. The molecule has 2 saturated heterocycles. The van der Waals surface area contributed by atoms with Crippen molar-refractivity contribution < 1.29 is 4.79 Å². The highest BCUT2D eigenvalue weighted by Gasteiger charge is 2.25. The van der Waals surface area contributed by atoms with Gasteiger partial charge >= 0.3 is 6.03 Å². The molecule has 0 aromatic heterocycles. The zero-order valence-electron chi connectivity index (χ0n) is 10.9. The van der Waals surface area contributed by atoms with Crippen LogP contribution in [0.2, 0.25) is 0 Å². The minimum absolute atomic E-state index is 0.0755. The maximum Gasteiger partial charge on any atom is 0.317 e. The fourth-order valence-corrected chi connectivity index (χ4v) is 2.77. The lowest BCUT2D eigenvalue weighted by Gasteiger charge is -2.39. The normalized spacial score (nSPS) is 30.7. The Bertz CT molecular complexity index is 261. The van der Waals surface area contributed by atoms with Crippen LogP contribution in [0, 0.1) is 0 Å². The molecule has 2 unspecified atom stereocenters. The smallest absolute Gasteiger partial charge is 0.317 e. The van der Waals surface area contributed by atoms with Gasteiger partial charge in [0.15, 0.2) is 0 Å². The molecule has 5 heteroatoms. The molecule has 2 fully saturated rings. The fourth-order valence-electron chi connectivity index (χ4n) is 2.77. The summed E-state index contributed by atoms with van der Waals surface area (Å²) in [6.07, 6.45) is 3.86. The van der Waals surface area contributed by atoms with Crippen LogP contribution in [0.3, 0.4) is 0 Å². The molecule has 2 N–H and O–H groups in total. The molecule has 2 aliphatic rings. The van der Waals surface area contributed by atoms with Crippen LogP contribution in [-0.2, 0) is 0 Å². The second-order valence-electron chi connectivity index (χ2n) is 5.16. The molecule has 2 heterocycles. The number of carbonyl (C=O) groups is 1. The van der Waals surface area contributed by atoms with Crippen molar-refractivity contribution in [2.45, 2.75) is 45.2 Å². The monoisotopic (exact) mass is 240 g/mol. The lowest BCUT2D eigenvalue weighted by Crippen LogP contribution is -2.53. The quantitative estimate of drug-likeness (QED) is 0.763. The van der Waals surface area contributed by atoms with Gasteiger partial charge in [-0.25, -0.2) is 9.80 Å². The molecule has 5 nitrogen and oxygen atoms in total. The van der Waals surface area contributed by atoms with Crippen molar-refractivity contribution in [2.75, 3.05) is 26.2 Å². The first-order valence-electron chi connectivity index (χ1n) is 6.73. The molecule has 0 bridgehead atoms. The Hall–Kier alpha value is -0.810. The maximum absolute atomic E-state index is 11.4. The van der Waals surface area contributed by atoms with Gasteiger partial charge in [-0.1, -0.05) is 6.42 Å². The van der Waals surface area contributed by atoms with E-state index in [1.54, 1.807) is 0 Å². The van der Waals surface area contributed by atoms with E-state index < -0.39 is 0 Å². The number of hydrazine groups is 1. The van der Waals surface area contributed by atoms with Crippen LogP contribution in [0.25, 0.3) is 0 Å². The molecule has 17 heavy (non-hydrogen) atoms. The van der Waals surface area contributed by atoms with Crippen LogP contribution < -0.4 is 10.7 Å². The lowest BCUT2D eigenvalue weighted by molar-refractivity contribution is 0.0445. The number of hydrogen-bond donors (Lipinski definition) is 2. The van der Waals surface area contributed by atoms with Crippen molar-refractivity contribution in [3.8, 4) is 0 Å². The number of carbonyl (C=O) groups excluding carboxylic acids is 1. The van der Waals surface area contributed by atoms with Crippen molar-refractivity contribution in [3.05, 3.63) is 0 Å². The standard InChI is InChI=1S/C12H24N4O/c1-10-4-3-5-11(2)16(10)14-7-9-15-8-6-13-12(15)17/h10-11,14H,3-9H2,1-2H3,(H,13,17). The lowest BCUT2D eigenvalue weighted by atomic mass is 10.00. The van der Waals surface area contributed by atoms with Crippen LogP contribution in [0.5, 0.6) is 0 Å². The topological polar surface area (TPSA) is 47.6 Å². The first kappa shape index (κ1) is 12.6. The van der Waals surface area contributed by atoms with E-state index in [9.17, 15) is 4.79 Å². The SMILES string of the molecule is CC1CCCC(C)N1NCCN1CCNC1=O. The Morgan fingerprint density at radius 2 is 2.06 bits per heavy atom. The molecule has 0 radical (unpaired) electrons. The van der Waals surface area contributed by atoms with Crippen LogP contribution in [0.1, 0.15) is 33.1 Å². The van der Waals surface area contributed by atoms with E-state index in [4.69, 9.17) is 0 Å². The Morgan fingerprint density at radius 1 is 1.35 bits per heavy atom. The summed E-state index contributed by atoms with van der Waals surface area (Å²) < 4.78 is 0. The van der Waals surface area contributed by atoms with E-state index >= 15 is 0 Å². The molecule has 0 saturated carbocycles. The van der Waals surface area contributed by atoms with E-state index in [0.717, 1.165) is 26.2 Å². The first-order valence-corrected chi connectivity index (χ1v) is 6.73. The van der Waals surface area contributed by atoms with Crippen molar-refractivity contribution in [1.29, 1.82) is 0 Å². The first-order chi connectivity index (χ1) is 8.18. The number of amides is 2. The number of piperidine rings is 1. The van der Waals surface area contributed by atoms with E-state index in [-0.39, 0.29) is 6.03 Å². The van der Waals surface area contributed by atoms with Gasteiger partial charge in [0.2, 0.25) is 0 Å². The largest absolute Gasteiger partial charge is 0.336 e. The molecule has 0 aromatic carbocycles. The van der Waals surface area contributed by atoms with Crippen LogP contribution in [0.4, 0.5) is 4.79 Å². The molecule has 2 atom stereocenters. The zero-order valence-corrected chi connectivity index (χ0v) is 10.9. The van der Waals surface area contributed by atoms with Crippen LogP contribution in [-0.4, -0.2) is 54.2 Å². The van der Waals surface area contributed by atoms with Gasteiger partial charge in [0.1, 0.15) is 0 Å². The third kappa shape index (κ3) is 3.10. The molecule has 98 valence electrons. The second-order valence-corrected chi connectivity index (χ2v) is 5.16. The predicted octanol–water partition coefficient (Wildman–Crippen LogP) is 0.779. The third-order valence-electron chi connectivity index (χ3n) is 3.81. The number of urea groups is 1. The Kier molecular flexibility index (Phi) is 4.23. The van der Waals surface area contributed by atoms with E-state index in [2.05, 4.69) is 29.6 Å². The van der Waals surface area contributed by atoms with Crippen molar-refractivity contribution in [1.82, 2.24) is 20.7 Å². The van der Waals surface area contributed by atoms with Gasteiger partial charge in [0, 0.05) is 38.3 Å². The molecule has 0 aliphatic carbocycles. The molecule has 2 amide bonds. The van der Waals surface area contributed by atoms with Gasteiger partial charge in [-0.05, 0) is 26.7 Å². The number of hydrogen-bond acceptors (Lipinski definition) is 3. The summed E-state index contributed by atoms with van der Waals surface area (Å²) in [5.74, 6) is 0. The third-order valence-corrected chi connectivity index (χ3v) is 3.81. The summed E-state index contributed by atoms with van der Waals surface area (Å²) in [4.78, 5) is 13.2. The molecular weight excluding hydrogens is 216 g/mol. The van der Waals surface area contributed by atoms with Gasteiger partial charge in [0.05, 0.1) is 0 Å². The summed E-state index contributed by atoms with van der Waals surface area (Å²) >= 11 is 0. The summed E-state index contributed by atoms with van der Waals surface area (Å²) in [6, 6.07) is 1.28. The summed E-state index contributed by atoms with van der Waals surface area (Å²) in [7, 11) is 0. The second kappa shape index (κ2) is 5.69. The van der Waals surface area contributed by atoms with E-state index in [1.165, 1.54) is 19.3 Å². The molecule has 0 aromatic rings. The van der Waals surface area contributed by atoms with Crippen molar-refractivity contribution >= 4 is 6.03 Å². The van der Waals surface area contributed by atoms with E-state index in [0.29, 0.717) is 12.1 Å². The zero-order chi connectivity index (χ0) is 12.3. The molecule has 2 rings (SSSR count). The van der Waals surface area contributed by atoms with Crippen LogP contribution in [0.15, 0.2) is 0 Å². The molecule has 0 spiro atoms. The van der Waals surface area contributed by atoms with Gasteiger partial charge in [-0.3, -0.25) is 5.43 Å². The summed E-state index contributed by atoms with van der Waals surface area (Å²) in [6.45, 7) is 7.81. The van der Waals surface area contributed by atoms with Crippen molar-refractivity contribution in [3.63, 3.8) is 0 Å². The maximum atomic E-state index is 11.4. The van der Waals surface area contributed by atoms with Gasteiger partial charge in [-0.2, -0.15) is 0 Å². The highest BCUT2D eigenvalue weighted by Crippen LogP contribution is 2.19. The van der Waals surface area contributed by atoms with Gasteiger partial charge in [0.25, 0.3) is 0 Å². The Labute approximate surface area is 103 Å². The minimum Gasteiger partial charge on any atom is -0.336 e. The predicted molar refractivity (Wildman–Crippen MR) is 67.6 cm³/mol. The summed E-state index contributed by atoms with van der Waals surface area (Å²) in [5.41, 5.74) is 3.48. The van der Waals surface area contributed by atoms with Gasteiger partial charge in [-0.15, -0.1) is 0 Å². The number of nitrogens with zero attached hydrogens (tertiary/aromatic N) is 2. The number of nitrogens with one attached hydrogen (secondary N) is 2. The van der Waals surface area contributed by atoms with E-state index in [1.807, 2.05) is 4.90 Å². The average molecular weight is 240 g/mol. The van der Waals surface area contributed by atoms with Gasteiger partial charge < -0.3 is 10.2 Å².